The second kappa shape index (κ2) is 5.78. The van der Waals surface area contributed by atoms with Gasteiger partial charge in [-0.2, -0.15) is 0 Å². The molecule has 4 rings (SSSR count). The number of benzene rings is 2. The molecule has 1 aliphatic rings. The Bertz CT molecular complexity index is 907. The number of para-hydroxylation sites is 1. The Hall–Kier alpha value is -2.62. The van der Waals surface area contributed by atoms with Gasteiger partial charge in [0.25, 0.3) is 0 Å². The van der Waals surface area contributed by atoms with E-state index in [1.807, 2.05) is 18.2 Å². The molecule has 1 saturated heterocycles. The Labute approximate surface area is 141 Å². The molecule has 4 heteroatoms. The van der Waals surface area contributed by atoms with Gasteiger partial charge in [0, 0.05) is 18.5 Å². The predicted octanol–water partition coefficient (Wildman–Crippen LogP) is 4.16. The topological polar surface area (TPSA) is 49.2 Å². The van der Waals surface area contributed by atoms with Crippen molar-refractivity contribution in [2.24, 2.45) is 5.92 Å². The zero-order chi connectivity index (χ0) is 16.7. The number of aromatic nitrogens is 2. The Morgan fingerprint density at radius 2 is 1.96 bits per heavy atom. The Balaban J connectivity index is 1.94. The van der Waals surface area contributed by atoms with Crippen LogP contribution < -0.4 is 4.90 Å². The van der Waals surface area contributed by atoms with E-state index in [1.165, 1.54) is 12.0 Å². The first kappa shape index (κ1) is 14.9. The van der Waals surface area contributed by atoms with E-state index < -0.39 is 0 Å². The standard InChI is InChI=1S/C20H21N3O/c1-13-7-8-15-17(11-13)21-19(16-5-3-4-6-18(16)24)22-20(15)23-10-9-14(2)12-23/h3-8,11,14,24H,9-10,12H2,1-2H3. The number of phenolic OH excluding ortho intramolecular Hbond substituents is 1. The molecule has 1 N–H and O–H groups in total. The van der Waals surface area contributed by atoms with Gasteiger partial charge in [-0.25, -0.2) is 9.97 Å². The first-order valence-corrected chi connectivity index (χ1v) is 8.43. The summed E-state index contributed by atoms with van der Waals surface area (Å²) in [4.78, 5) is 11.9. The highest BCUT2D eigenvalue weighted by atomic mass is 16.3. The van der Waals surface area contributed by atoms with Gasteiger partial charge in [-0.15, -0.1) is 0 Å². The molecule has 0 bridgehead atoms. The van der Waals surface area contributed by atoms with Crippen molar-refractivity contribution < 1.29 is 5.11 Å². The lowest BCUT2D eigenvalue weighted by Gasteiger charge is -2.20. The molecular weight excluding hydrogens is 298 g/mol. The maximum Gasteiger partial charge on any atom is 0.165 e. The SMILES string of the molecule is Cc1ccc2c(N3CCC(C)C3)nc(-c3ccccc3O)nc2c1. The number of fused-ring (bicyclic) bond motifs is 1. The molecule has 1 aliphatic heterocycles. The van der Waals surface area contributed by atoms with Crippen molar-refractivity contribution >= 4 is 16.7 Å². The number of aryl methyl sites for hydroxylation is 1. The lowest BCUT2D eigenvalue weighted by molar-refractivity contribution is 0.477. The Kier molecular flexibility index (Phi) is 3.60. The summed E-state index contributed by atoms with van der Waals surface area (Å²) in [6, 6.07) is 13.6. The molecule has 0 spiro atoms. The van der Waals surface area contributed by atoms with Gasteiger partial charge >= 0.3 is 0 Å². The minimum Gasteiger partial charge on any atom is -0.507 e. The number of rotatable bonds is 2. The van der Waals surface area contributed by atoms with Crippen LogP contribution in [-0.2, 0) is 0 Å². The van der Waals surface area contributed by atoms with Crippen molar-refractivity contribution in [2.45, 2.75) is 20.3 Å². The van der Waals surface area contributed by atoms with Gasteiger partial charge in [-0.05, 0) is 49.1 Å². The molecule has 2 heterocycles. The third-order valence-electron chi connectivity index (χ3n) is 4.70. The summed E-state index contributed by atoms with van der Waals surface area (Å²) in [7, 11) is 0. The summed E-state index contributed by atoms with van der Waals surface area (Å²) in [5, 5.41) is 11.3. The predicted molar refractivity (Wildman–Crippen MR) is 97.4 cm³/mol. The van der Waals surface area contributed by atoms with Gasteiger partial charge in [-0.1, -0.05) is 25.1 Å². The van der Waals surface area contributed by atoms with Gasteiger partial charge in [0.1, 0.15) is 11.6 Å². The molecule has 0 saturated carbocycles. The van der Waals surface area contributed by atoms with Crippen LogP contribution in [0.25, 0.3) is 22.3 Å². The van der Waals surface area contributed by atoms with Gasteiger partial charge in [0.15, 0.2) is 5.82 Å². The van der Waals surface area contributed by atoms with Crippen LogP contribution in [0.1, 0.15) is 18.9 Å². The van der Waals surface area contributed by atoms with Gasteiger partial charge in [-0.3, -0.25) is 0 Å². The number of nitrogens with zero attached hydrogens (tertiary/aromatic N) is 3. The normalized spacial score (nSPS) is 17.6. The summed E-state index contributed by atoms with van der Waals surface area (Å²) in [5.74, 6) is 2.45. The van der Waals surface area contributed by atoms with E-state index in [0.717, 1.165) is 29.8 Å². The molecule has 0 amide bonds. The van der Waals surface area contributed by atoms with E-state index in [9.17, 15) is 5.11 Å². The van der Waals surface area contributed by atoms with Crippen LogP contribution in [0.5, 0.6) is 5.75 Å². The fraction of sp³-hybridized carbons (Fsp3) is 0.300. The fourth-order valence-corrected chi connectivity index (χ4v) is 3.37. The summed E-state index contributed by atoms with van der Waals surface area (Å²) in [6.07, 6.45) is 1.18. The van der Waals surface area contributed by atoms with E-state index in [1.54, 1.807) is 6.07 Å². The molecular formula is C20H21N3O. The fourth-order valence-electron chi connectivity index (χ4n) is 3.37. The third-order valence-corrected chi connectivity index (χ3v) is 4.70. The molecule has 1 aromatic heterocycles. The smallest absolute Gasteiger partial charge is 0.165 e. The molecule has 2 aromatic carbocycles. The molecule has 1 atom stereocenters. The highest BCUT2D eigenvalue weighted by molar-refractivity contribution is 5.92. The summed E-state index contributed by atoms with van der Waals surface area (Å²) < 4.78 is 0. The second-order valence-corrected chi connectivity index (χ2v) is 6.75. The van der Waals surface area contributed by atoms with E-state index in [0.29, 0.717) is 17.3 Å². The van der Waals surface area contributed by atoms with E-state index >= 15 is 0 Å². The number of aromatic hydroxyl groups is 1. The Morgan fingerprint density at radius 3 is 2.71 bits per heavy atom. The average Bonchev–Trinajstić information content (AvgIpc) is 3.00. The second-order valence-electron chi connectivity index (χ2n) is 6.75. The third kappa shape index (κ3) is 2.58. The first-order chi connectivity index (χ1) is 11.6. The quantitative estimate of drug-likeness (QED) is 0.770. The van der Waals surface area contributed by atoms with Crippen LogP contribution in [0.15, 0.2) is 42.5 Å². The molecule has 1 unspecified atom stereocenters. The van der Waals surface area contributed by atoms with E-state index in [2.05, 4.69) is 36.9 Å². The number of hydrogen-bond donors (Lipinski definition) is 1. The van der Waals surface area contributed by atoms with E-state index in [-0.39, 0.29) is 5.75 Å². The first-order valence-electron chi connectivity index (χ1n) is 8.43. The zero-order valence-electron chi connectivity index (χ0n) is 14.0. The zero-order valence-corrected chi connectivity index (χ0v) is 14.0. The molecule has 1 fully saturated rings. The Morgan fingerprint density at radius 1 is 1.12 bits per heavy atom. The van der Waals surface area contributed by atoms with Crippen LogP contribution in [-0.4, -0.2) is 28.2 Å². The summed E-state index contributed by atoms with van der Waals surface area (Å²) in [5.41, 5.74) is 2.78. The minimum absolute atomic E-state index is 0.213. The monoisotopic (exact) mass is 319 g/mol. The van der Waals surface area contributed by atoms with E-state index in [4.69, 9.17) is 9.97 Å². The van der Waals surface area contributed by atoms with Crippen LogP contribution in [0.4, 0.5) is 5.82 Å². The maximum absolute atomic E-state index is 10.2. The number of phenols is 1. The molecule has 4 nitrogen and oxygen atoms in total. The highest BCUT2D eigenvalue weighted by Gasteiger charge is 2.23. The lowest BCUT2D eigenvalue weighted by atomic mass is 10.1. The molecule has 122 valence electrons. The van der Waals surface area contributed by atoms with Crippen LogP contribution in [0.2, 0.25) is 0 Å². The van der Waals surface area contributed by atoms with Gasteiger partial charge < -0.3 is 10.0 Å². The molecule has 3 aromatic rings. The minimum atomic E-state index is 0.213. The van der Waals surface area contributed by atoms with Crippen LogP contribution >= 0.6 is 0 Å². The van der Waals surface area contributed by atoms with Gasteiger partial charge in [0.05, 0.1) is 11.1 Å². The summed E-state index contributed by atoms with van der Waals surface area (Å²) in [6.45, 7) is 6.37. The van der Waals surface area contributed by atoms with Crippen molar-refractivity contribution in [1.82, 2.24) is 9.97 Å². The number of anilines is 1. The molecule has 0 radical (unpaired) electrons. The lowest BCUT2D eigenvalue weighted by Crippen LogP contribution is -2.21. The summed E-state index contributed by atoms with van der Waals surface area (Å²) >= 11 is 0. The van der Waals surface area contributed by atoms with Crippen LogP contribution in [0, 0.1) is 12.8 Å². The van der Waals surface area contributed by atoms with Crippen LogP contribution in [0.3, 0.4) is 0 Å². The number of hydrogen-bond acceptors (Lipinski definition) is 4. The van der Waals surface area contributed by atoms with Crippen molar-refractivity contribution in [3.8, 4) is 17.1 Å². The molecule has 0 aliphatic carbocycles. The van der Waals surface area contributed by atoms with Crippen molar-refractivity contribution in [1.29, 1.82) is 0 Å². The average molecular weight is 319 g/mol. The molecule has 24 heavy (non-hydrogen) atoms. The van der Waals surface area contributed by atoms with Crippen molar-refractivity contribution in [3.63, 3.8) is 0 Å². The largest absolute Gasteiger partial charge is 0.507 e. The van der Waals surface area contributed by atoms with Crippen molar-refractivity contribution in [2.75, 3.05) is 18.0 Å². The maximum atomic E-state index is 10.2. The van der Waals surface area contributed by atoms with Gasteiger partial charge in [0.2, 0.25) is 0 Å². The van der Waals surface area contributed by atoms with Crippen molar-refractivity contribution in [3.05, 3.63) is 48.0 Å². The highest BCUT2D eigenvalue weighted by Crippen LogP contribution is 2.33.